The number of hydroxylamine groups is 2. The van der Waals surface area contributed by atoms with E-state index in [0.29, 0.717) is 22.5 Å². The fraction of sp³-hybridized carbons (Fsp3) is 0.926. The number of ether oxygens (including phenoxy) is 1. The molecular weight excluding hydrogens is 511 g/mol. The number of hydrogen-bond acceptors (Lipinski definition) is 8. The second kappa shape index (κ2) is 21.8. The molecule has 0 saturated heterocycles. The predicted molar refractivity (Wildman–Crippen MR) is 147 cm³/mol. The van der Waals surface area contributed by atoms with E-state index in [1.54, 1.807) is 0 Å². The third-order valence-corrected chi connectivity index (χ3v) is 7.24. The van der Waals surface area contributed by atoms with Crippen LogP contribution in [0.15, 0.2) is 0 Å². The van der Waals surface area contributed by atoms with Gasteiger partial charge in [0.2, 0.25) is 5.91 Å². The minimum absolute atomic E-state index is 0.0232. The van der Waals surface area contributed by atoms with Crippen molar-refractivity contribution in [2.24, 2.45) is 0 Å². The average molecular weight is 567 g/mol. The molecule has 0 bridgehead atoms. The second-order valence-electron chi connectivity index (χ2n) is 11.0. The minimum atomic E-state index is -4.95. The van der Waals surface area contributed by atoms with Crippen LogP contribution in [0.5, 0.6) is 0 Å². The zero-order chi connectivity index (χ0) is 28.9. The van der Waals surface area contributed by atoms with Crippen LogP contribution in [0.25, 0.3) is 0 Å². The molecule has 0 spiro atoms. The van der Waals surface area contributed by atoms with E-state index in [1.165, 1.54) is 70.6 Å². The number of likely N-dealkylation sites (N-methyl/N-ethyl adjacent to an activating group) is 1. The topological polar surface area (TPSA) is 125 Å². The number of phosphoric ester groups is 1. The number of methoxy groups -OCH3 is 1. The summed E-state index contributed by atoms with van der Waals surface area (Å²) in [5.74, 6) is -1.71. The first-order valence-electron chi connectivity index (χ1n) is 14.4. The van der Waals surface area contributed by atoms with Crippen molar-refractivity contribution in [1.29, 1.82) is 0 Å². The number of hydrogen-bond donors (Lipinski definition) is 1. The summed E-state index contributed by atoms with van der Waals surface area (Å²) in [6, 6.07) is -1.60. The molecule has 0 fully saturated rings. The van der Waals surface area contributed by atoms with Gasteiger partial charge in [-0.05, 0) is 6.42 Å². The van der Waals surface area contributed by atoms with Crippen LogP contribution in [0.2, 0.25) is 0 Å². The average Bonchev–Trinajstić information content (AvgIpc) is 2.84. The van der Waals surface area contributed by atoms with Gasteiger partial charge in [0.05, 0.1) is 34.9 Å². The number of carbonyl (C=O) groups is 2. The molecule has 0 rings (SSSR count). The van der Waals surface area contributed by atoms with Crippen LogP contribution in [-0.4, -0.2) is 80.6 Å². The number of nitrogens with zero attached hydrogens (tertiary/aromatic N) is 2. The van der Waals surface area contributed by atoms with Crippen LogP contribution in [0.1, 0.15) is 110 Å². The normalized spacial score (nSPS) is 14.2. The van der Waals surface area contributed by atoms with Crippen LogP contribution < -0.4 is 4.89 Å². The maximum Gasteiger partial charge on any atom is 0.333 e. The fourth-order valence-electron chi connectivity index (χ4n) is 3.97. The molecule has 1 amide bonds. The van der Waals surface area contributed by atoms with Crippen molar-refractivity contribution in [3.63, 3.8) is 0 Å². The van der Waals surface area contributed by atoms with E-state index in [0.717, 1.165) is 26.4 Å². The minimum Gasteiger partial charge on any atom is -0.755 e. The third-order valence-electron chi connectivity index (χ3n) is 6.37. The molecule has 0 aliphatic heterocycles. The first-order chi connectivity index (χ1) is 18.0. The lowest BCUT2D eigenvalue weighted by Crippen LogP contribution is -2.48. The van der Waals surface area contributed by atoms with Gasteiger partial charge in [-0.1, -0.05) is 96.8 Å². The lowest BCUT2D eigenvalue weighted by atomic mass is 10.0. The summed E-state index contributed by atoms with van der Waals surface area (Å²) >= 11 is 0. The SMILES string of the molecule is CCCCCCCCCCCCCCCCCC(=O)N(OP(=O)([O-])OCC[N+](C)(C)C)[C@@H](CO)C(=O)OC. The molecular formula is C27H55N2O8P. The van der Waals surface area contributed by atoms with Gasteiger partial charge >= 0.3 is 5.97 Å². The Morgan fingerprint density at radius 1 is 0.868 bits per heavy atom. The number of phosphoric acid groups is 1. The van der Waals surface area contributed by atoms with E-state index in [2.05, 4.69) is 11.7 Å². The van der Waals surface area contributed by atoms with Crippen LogP contribution in [0, 0.1) is 0 Å². The molecule has 0 aromatic heterocycles. The number of aliphatic hydroxyl groups excluding tert-OH is 1. The van der Waals surface area contributed by atoms with E-state index < -0.39 is 32.3 Å². The van der Waals surface area contributed by atoms with Gasteiger partial charge in [0.15, 0.2) is 6.04 Å². The Bertz CT molecular complexity index is 672. The highest BCUT2D eigenvalue weighted by atomic mass is 31.2. The van der Waals surface area contributed by atoms with Crippen LogP contribution >= 0.6 is 7.82 Å². The Labute approximate surface area is 231 Å². The molecule has 0 aromatic rings. The summed E-state index contributed by atoms with van der Waals surface area (Å²) in [4.78, 5) is 37.1. The van der Waals surface area contributed by atoms with Gasteiger partial charge < -0.3 is 23.7 Å². The largest absolute Gasteiger partial charge is 0.755 e. The van der Waals surface area contributed by atoms with Crippen molar-refractivity contribution < 1.29 is 42.5 Å². The molecule has 0 aromatic carbocycles. The monoisotopic (exact) mass is 566 g/mol. The number of carbonyl (C=O) groups excluding carboxylic acids is 2. The molecule has 1 unspecified atom stereocenters. The zero-order valence-electron chi connectivity index (χ0n) is 24.7. The number of aliphatic hydroxyl groups is 1. The smallest absolute Gasteiger partial charge is 0.333 e. The van der Waals surface area contributed by atoms with Crippen molar-refractivity contribution in [1.82, 2.24) is 5.06 Å². The van der Waals surface area contributed by atoms with Crippen molar-refractivity contribution in [3.8, 4) is 0 Å². The molecule has 226 valence electrons. The number of unbranched alkanes of at least 4 members (excludes halogenated alkanes) is 14. The summed E-state index contributed by atoms with van der Waals surface area (Å²) in [6.07, 6.45) is 17.7. The molecule has 0 saturated carbocycles. The molecule has 0 heterocycles. The quantitative estimate of drug-likeness (QED) is 0.0553. The molecule has 38 heavy (non-hydrogen) atoms. The van der Waals surface area contributed by atoms with Crippen molar-refractivity contribution in [3.05, 3.63) is 0 Å². The van der Waals surface area contributed by atoms with E-state index in [9.17, 15) is 24.2 Å². The van der Waals surface area contributed by atoms with Gasteiger partial charge in [0, 0.05) is 6.42 Å². The Hall–Kier alpha value is -1.03. The summed E-state index contributed by atoms with van der Waals surface area (Å²) in [5, 5.41) is 10.0. The third kappa shape index (κ3) is 20.0. The molecule has 0 aliphatic carbocycles. The zero-order valence-corrected chi connectivity index (χ0v) is 25.6. The molecule has 2 atom stereocenters. The Morgan fingerprint density at radius 3 is 1.71 bits per heavy atom. The number of rotatable bonds is 25. The molecule has 11 heteroatoms. The molecule has 1 N–H and O–H groups in total. The maximum atomic E-state index is 12.8. The Morgan fingerprint density at radius 2 is 1.32 bits per heavy atom. The molecule has 10 nitrogen and oxygen atoms in total. The number of quaternary nitrogens is 1. The molecule has 0 radical (unpaired) electrons. The summed E-state index contributed by atoms with van der Waals surface area (Å²) < 4.78 is 27.1. The van der Waals surface area contributed by atoms with Crippen LogP contribution in [0.3, 0.4) is 0 Å². The van der Waals surface area contributed by atoms with Gasteiger partial charge in [-0.2, -0.15) is 9.69 Å². The standard InChI is InChI=1S/C27H55N2O8P/c1-6-7-8-9-10-11-12-13-14-15-16-17-18-19-20-21-26(31)28(25(24-30)27(32)35-5)37-38(33,34)36-23-22-29(2,3)4/h25,30H,6-24H2,1-5H3/t25-/m0/s1. The van der Waals surface area contributed by atoms with Crippen molar-refractivity contribution in [2.45, 2.75) is 116 Å². The lowest BCUT2D eigenvalue weighted by Gasteiger charge is -2.33. The predicted octanol–water partition coefficient (Wildman–Crippen LogP) is 4.73. The first kappa shape index (κ1) is 37.0. The molecule has 0 aliphatic rings. The maximum absolute atomic E-state index is 12.8. The van der Waals surface area contributed by atoms with Crippen molar-refractivity contribution in [2.75, 3.05) is 48.0 Å². The summed E-state index contributed by atoms with van der Waals surface area (Å²) in [7, 11) is 1.73. The highest BCUT2D eigenvalue weighted by Crippen LogP contribution is 2.40. The highest BCUT2D eigenvalue weighted by Gasteiger charge is 2.34. The highest BCUT2D eigenvalue weighted by molar-refractivity contribution is 7.45. The van der Waals surface area contributed by atoms with E-state index >= 15 is 0 Å². The fourth-order valence-corrected chi connectivity index (χ4v) is 4.74. The van der Waals surface area contributed by atoms with Crippen LogP contribution in [0.4, 0.5) is 0 Å². The first-order valence-corrected chi connectivity index (χ1v) is 15.9. The van der Waals surface area contributed by atoms with Gasteiger partial charge in [-0.3, -0.25) is 9.36 Å². The van der Waals surface area contributed by atoms with Gasteiger partial charge in [0.25, 0.3) is 7.82 Å². The van der Waals surface area contributed by atoms with Gasteiger partial charge in [-0.15, -0.1) is 0 Å². The lowest BCUT2D eigenvalue weighted by molar-refractivity contribution is -0.870. The van der Waals surface area contributed by atoms with Crippen LogP contribution in [-0.2, 0) is 28.0 Å². The van der Waals surface area contributed by atoms with Gasteiger partial charge in [-0.25, -0.2) is 4.79 Å². The van der Waals surface area contributed by atoms with E-state index in [1.807, 2.05) is 21.1 Å². The Kier molecular flexibility index (Phi) is 21.2. The van der Waals surface area contributed by atoms with E-state index in [-0.39, 0.29) is 13.0 Å². The van der Waals surface area contributed by atoms with Gasteiger partial charge in [0.1, 0.15) is 13.2 Å². The number of esters is 1. The number of amides is 1. The second-order valence-corrected chi connectivity index (χ2v) is 12.3. The summed E-state index contributed by atoms with van der Waals surface area (Å²) in [6.45, 7) is 1.61. The Balaban J connectivity index is 4.37. The van der Waals surface area contributed by atoms with E-state index in [4.69, 9.17) is 9.15 Å². The summed E-state index contributed by atoms with van der Waals surface area (Å²) in [5.41, 5.74) is 0. The van der Waals surface area contributed by atoms with Crippen molar-refractivity contribution >= 4 is 19.7 Å².